The molecule has 0 bridgehead atoms. The number of hydrogen-bond donors (Lipinski definition) is 1. The Labute approximate surface area is 151 Å². The molecule has 4 rings (SSSR count). The minimum atomic E-state index is 0.737. The highest BCUT2D eigenvalue weighted by Gasteiger charge is 2.04. The average Bonchev–Trinajstić information content (AvgIpc) is 3.34. The van der Waals surface area contributed by atoms with Crippen molar-refractivity contribution in [2.45, 2.75) is 6.42 Å². The van der Waals surface area contributed by atoms with E-state index in [9.17, 15) is 0 Å². The van der Waals surface area contributed by atoms with Crippen molar-refractivity contribution in [1.82, 2.24) is 15.0 Å². The van der Waals surface area contributed by atoms with Crippen LogP contribution in [0.2, 0.25) is 0 Å². The van der Waals surface area contributed by atoms with Crippen molar-refractivity contribution >= 4 is 50.0 Å². The van der Waals surface area contributed by atoms with Crippen molar-refractivity contribution in [3.8, 4) is 22.4 Å². The molecule has 4 aromatic heterocycles. The molecule has 0 spiro atoms. The van der Waals surface area contributed by atoms with Crippen molar-refractivity contribution in [1.29, 1.82) is 0 Å². The van der Waals surface area contributed by atoms with Crippen LogP contribution < -0.4 is 5.32 Å². The Morgan fingerprint density at radius 2 is 2.08 bits per heavy atom. The molecule has 0 aliphatic rings. The number of nitrogens with zero attached hydrogens (tertiary/aromatic N) is 3. The summed E-state index contributed by atoms with van der Waals surface area (Å²) >= 11 is 4.93. The predicted molar refractivity (Wildman–Crippen MR) is 103 cm³/mol. The van der Waals surface area contributed by atoms with E-state index in [2.05, 4.69) is 48.9 Å². The van der Waals surface area contributed by atoms with Gasteiger partial charge in [-0.05, 0) is 28.8 Å². The SMILES string of the molecule is C(#Cc1csc(-c2ccsc2)n1)CCNc1ncnc2sccc12. The van der Waals surface area contributed by atoms with E-state index in [1.54, 1.807) is 40.3 Å². The number of rotatable bonds is 4. The number of aromatic nitrogens is 3. The van der Waals surface area contributed by atoms with Gasteiger partial charge in [0.25, 0.3) is 0 Å². The fourth-order valence-electron chi connectivity index (χ4n) is 2.18. The average molecular weight is 369 g/mol. The molecule has 0 unspecified atom stereocenters. The Bertz CT molecular complexity index is 1010. The van der Waals surface area contributed by atoms with Crippen molar-refractivity contribution in [2.24, 2.45) is 0 Å². The molecule has 0 aliphatic carbocycles. The summed E-state index contributed by atoms with van der Waals surface area (Å²) in [5.41, 5.74) is 2.01. The third-order valence-electron chi connectivity index (χ3n) is 3.29. The van der Waals surface area contributed by atoms with Gasteiger partial charge in [0.15, 0.2) is 0 Å². The maximum absolute atomic E-state index is 4.55. The smallest absolute Gasteiger partial charge is 0.138 e. The van der Waals surface area contributed by atoms with Gasteiger partial charge in [0.05, 0.1) is 5.39 Å². The van der Waals surface area contributed by atoms with Crippen molar-refractivity contribution in [2.75, 3.05) is 11.9 Å². The molecule has 4 aromatic rings. The van der Waals surface area contributed by atoms with Crippen LogP contribution >= 0.6 is 34.0 Å². The topological polar surface area (TPSA) is 50.7 Å². The van der Waals surface area contributed by atoms with Crippen molar-refractivity contribution in [3.63, 3.8) is 0 Å². The van der Waals surface area contributed by atoms with Gasteiger partial charge in [0.2, 0.25) is 0 Å². The molecular weight excluding hydrogens is 356 g/mol. The number of nitrogens with one attached hydrogen (secondary N) is 1. The highest BCUT2D eigenvalue weighted by atomic mass is 32.1. The molecule has 4 nitrogen and oxygen atoms in total. The molecule has 1 N–H and O–H groups in total. The number of fused-ring (bicyclic) bond motifs is 1. The lowest BCUT2D eigenvalue weighted by Crippen LogP contribution is -2.02. The molecule has 0 fully saturated rings. The van der Waals surface area contributed by atoms with Gasteiger partial charge in [-0.3, -0.25) is 0 Å². The van der Waals surface area contributed by atoms with E-state index in [-0.39, 0.29) is 0 Å². The van der Waals surface area contributed by atoms with Crippen molar-refractivity contribution < 1.29 is 0 Å². The van der Waals surface area contributed by atoms with Crippen LogP contribution in [0.4, 0.5) is 5.82 Å². The maximum Gasteiger partial charge on any atom is 0.138 e. The van der Waals surface area contributed by atoms with Gasteiger partial charge in [-0.25, -0.2) is 15.0 Å². The second kappa shape index (κ2) is 7.09. The van der Waals surface area contributed by atoms with Crippen LogP contribution in [0.5, 0.6) is 0 Å². The largest absolute Gasteiger partial charge is 0.368 e. The maximum atomic E-state index is 4.55. The molecule has 0 atom stereocenters. The van der Waals surface area contributed by atoms with E-state index >= 15 is 0 Å². The lowest BCUT2D eigenvalue weighted by molar-refractivity contribution is 1.07. The summed E-state index contributed by atoms with van der Waals surface area (Å²) < 4.78 is 0. The van der Waals surface area contributed by atoms with E-state index in [4.69, 9.17) is 0 Å². The zero-order valence-electron chi connectivity index (χ0n) is 12.5. The van der Waals surface area contributed by atoms with Gasteiger partial charge in [-0.2, -0.15) is 11.3 Å². The van der Waals surface area contributed by atoms with E-state index in [1.807, 2.05) is 16.8 Å². The molecule has 0 saturated heterocycles. The van der Waals surface area contributed by atoms with Gasteiger partial charge in [0.1, 0.15) is 27.7 Å². The lowest BCUT2D eigenvalue weighted by atomic mass is 10.3. The Morgan fingerprint density at radius 3 is 3.00 bits per heavy atom. The fourth-order valence-corrected chi connectivity index (χ4v) is 4.37. The molecule has 24 heavy (non-hydrogen) atoms. The third kappa shape index (κ3) is 3.31. The first kappa shape index (κ1) is 15.3. The number of hydrogen-bond acceptors (Lipinski definition) is 7. The van der Waals surface area contributed by atoms with E-state index in [1.165, 1.54) is 5.56 Å². The van der Waals surface area contributed by atoms with Crippen LogP contribution in [-0.2, 0) is 0 Å². The van der Waals surface area contributed by atoms with Crippen LogP contribution in [0.15, 0.2) is 40.0 Å². The quantitative estimate of drug-likeness (QED) is 0.418. The fraction of sp³-hybridized carbons (Fsp3) is 0.118. The Kier molecular flexibility index (Phi) is 4.51. The van der Waals surface area contributed by atoms with Gasteiger partial charge >= 0.3 is 0 Å². The second-order valence-electron chi connectivity index (χ2n) is 4.89. The molecule has 0 radical (unpaired) electrons. The standard InChI is InChI=1S/C17H12N4S3/c1(3-13-10-24-16(21-13)12-4-7-22-9-12)2-6-18-15-14-5-8-23-17(14)20-11-19-15/h4-5,7-11H,2,6H2,(H,18,19,20). The molecule has 118 valence electrons. The summed E-state index contributed by atoms with van der Waals surface area (Å²) in [5.74, 6) is 7.17. The summed E-state index contributed by atoms with van der Waals surface area (Å²) in [5, 5.41) is 13.6. The van der Waals surface area contributed by atoms with Crippen LogP contribution in [0.3, 0.4) is 0 Å². The molecule has 0 saturated carbocycles. The normalized spacial score (nSPS) is 10.5. The van der Waals surface area contributed by atoms with Gasteiger partial charge in [-0.15, -0.1) is 22.7 Å². The lowest BCUT2D eigenvalue weighted by Gasteiger charge is -2.03. The minimum absolute atomic E-state index is 0.737. The zero-order chi connectivity index (χ0) is 16.2. The van der Waals surface area contributed by atoms with Gasteiger partial charge < -0.3 is 5.32 Å². The van der Waals surface area contributed by atoms with Crippen molar-refractivity contribution in [3.05, 3.63) is 45.7 Å². The third-order valence-corrected chi connectivity index (χ3v) is 5.69. The Morgan fingerprint density at radius 1 is 1.08 bits per heavy atom. The number of thiazole rings is 1. The number of thiophene rings is 2. The zero-order valence-corrected chi connectivity index (χ0v) is 15.0. The summed E-state index contributed by atoms with van der Waals surface area (Å²) in [6.45, 7) is 0.747. The first-order valence-corrected chi connectivity index (χ1v) is 9.99. The Balaban J connectivity index is 1.35. The first-order valence-electron chi connectivity index (χ1n) is 7.29. The van der Waals surface area contributed by atoms with Crippen LogP contribution in [-0.4, -0.2) is 21.5 Å². The van der Waals surface area contributed by atoms with Crippen LogP contribution in [0.25, 0.3) is 20.8 Å². The molecule has 0 aromatic carbocycles. The predicted octanol–water partition coefficient (Wildman–Crippen LogP) is 4.73. The van der Waals surface area contributed by atoms with Crippen LogP contribution in [0.1, 0.15) is 12.1 Å². The monoisotopic (exact) mass is 368 g/mol. The highest BCUT2D eigenvalue weighted by Crippen LogP contribution is 2.25. The van der Waals surface area contributed by atoms with Gasteiger partial charge in [0, 0.05) is 29.3 Å². The van der Waals surface area contributed by atoms with E-state index < -0.39 is 0 Å². The minimum Gasteiger partial charge on any atom is -0.368 e. The first-order chi connectivity index (χ1) is 11.9. The molecule has 7 heteroatoms. The summed E-state index contributed by atoms with van der Waals surface area (Å²) in [6, 6.07) is 4.12. The highest BCUT2D eigenvalue weighted by molar-refractivity contribution is 7.16. The summed E-state index contributed by atoms with van der Waals surface area (Å²) in [6.07, 6.45) is 2.33. The summed E-state index contributed by atoms with van der Waals surface area (Å²) in [4.78, 5) is 14.1. The molecule has 4 heterocycles. The van der Waals surface area contributed by atoms with E-state index in [0.29, 0.717) is 0 Å². The molecule has 0 amide bonds. The van der Waals surface area contributed by atoms with Crippen LogP contribution in [0, 0.1) is 11.8 Å². The van der Waals surface area contributed by atoms with Gasteiger partial charge in [-0.1, -0.05) is 5.92 Å². The van der Waals surface area contributed by atoms with E-state index in [0.717, 1.165) is 39.7 Å². The number of anilines is 1. The molecular formula is C17H12N4S3. The Hall–Kier alpha value is -2.27. The second-order valence-corrected chi connectivity index (χ2v) is 7.42. The summed E-state index contributed by atoms with van der Waals surface area (Å²) in [7, 11) is 0. The molecule has 0 aliphatic heterocycles.